The third-order valence-electron chi connectivity index (χ3n) is 4.62. The molecule has 1 atom stereocenters. The van der Waals surface area contributed by atoms with Gasteiger partial charge in [-0.15, -0.1) is 0 Å². The van der Waals surface area contributed by atoms with Crippen molar-refractivity contribution in [3.8, 4) is 22.6 Å². The molecular formula is C23H24FNO3S. The predicted octanol–water partition coefficient (Wildman–Crippen LogP) is 5.77. The van der Waals surface area contributed by atoms with E-state index in [4.69, 9.17) is 9.47 Å². The molecule has 0 spiro atoms. The van der Waals surface area contributed by atoms with Crippen molar-refractivity contribution in [3.05, 3.63) is 72.0 Å². The van der Waals surface area contributed by atoms with Gasteiger partial charge in [-0.2, -0.15) is 0 Å². The second kappa shape index (κ2) is 9.09. The number of methoxy groups -OCH3 is 2. The molecule has 1 N–H and O–H groups in total. The van der Waals surface area contributed by atoms with Gasteiger partial charge in [-0.25, -0.2) is 8.60 Å². The van der Waals surface area contributed by atoms with Crippen molar-refractivity contribution in [2.45, 2.75) is 24.7 Å². The van der Waals surface area contributed by atoms with Gasteiger partial charge in [0.1, 0.15) is 28.3 Å². The van der Waals surface area contributed by atoms with E-state index in [2.05, 4.69) is 18.6 Å². The van der Waals surface area contributed by atoms with E-state index in [9.17, 15) is 8.60 Å². The lowest BCUT2D eigenvalue weighted by Gasteiger charge is -2.19. The van der Waals surface area contributed by atoms with Crippen LogP contribution in [0.4, 0.5) is 10.1 Å². The molecule has 0 radical (unpaired) electrons. The molecule has 0 aromatic heterocycles. The third kappa shape index (κ3) is 4.59. The van der Waals surface area contributed by atoms with Gasteiger partial charge in [0.05, 0.1) is 24.8 Å². The molecule has 0 saturated carbocycles. The summed E-state index contributed by atoms with van der Waals surface area (Å²) in [7, 11) is 1.71. The molecule has 0 heterocycles. The highest BCUT2D eigenvalue weighted by Gasteiger charge is 2.18. The van der Waals surface area contributed by atoms with Gasteiger partial charge in [-0.05, 0) is 47.9 Å². The molecule has 3 aromatic rings. The van der Waals surface area contributed by atoms with Gasteiger partial charge in [0.25, 0.3) is 0 Å². The van der Waals surface area contributed by atoms with Gasteiger partial charge in [0.15, 0.2) is 0 Å². The smallest absolute Gasteiger partial charge is 0.150 e. The highest BCUT2D eigenvalue weighted by Crippen LogP contribution is 2.41. The second-order valence-corrected chi connectivity index (χ2v) is 8.03. The van der Waals surface area contributed by atoms with Crippen molar-refractivity contribution >= 4 is 16.7 Å². The van der Waals surface area contributed by atoms with Gasteiger partial charge >= 0.3 is 0 Å². The molecule has 29 heavy (non-hydrogen) atoms. The summed E-state index contributed by atoms with van der Waals surface area (Å²) < 4.78 is 40.1. The topological polar surface area (TPSA) is 47.6 Å². The molecule has 0 fully saturated rings. The van der Waals surface area contributed by atoms with Crippen molar-refractivity contribution in [3.63, 3.8) is 0 Å². The monoisotopic (exact) mass is 413 g/mol. The van der Waals surface area contributed by atoms with E-state index in [1.165, 1.54) is 24.3 Å². The predicted molar refractivity (Wildman–Crippen MR) is 116 cm³/mol. The molecular weight excluding hydrogens is 389 g/mol. The highest BCUT2D eigenvalue weighted by atomic mass is 32.2. The fourth-order valence-corrected chi connectivity index (χ4v) is 3.99. The fraction of sp³-hybridized carbons (Fsp3) is 0.217. The zero-order chi connectivity index (χ0) is 21.0. The number of ether oxygens (including phenoxy) is 2. The van der Waals surface area contributed by atoms with Crippen LogP contribution in [0, 0.1) is 5.82 Å². The largest absolute Gasteiger partial charge is 0.496 e. The molecule has 152 valence electrons. The molecule has 3 aromatic carbocycles. The summed E-state index contributed by atoms with van der Waals surface area (Å²) in [6, 6.07) is 17.1. The number of hydrogen-bond donors (Lipinski definition) is 1. The summed E-state index contributed by atoms with van der Waals surface area (Å²) in [5.41, 5.74) is 3.46. The van der Waals surface area contributed by atoms with Crippen molar-refractivity contribution in [1.82, 2.24) is 0 Å². The van der Waals surface area contributed by atoms with Gasteiger partial charge in [0.2, 0.25) is 0 Å². The van der Waals surface area contributed by atoms with E-state index in [0.29, 0.717) is 16.3 Å². The zero-order valence-electron chi connectivity index (χ0n) is 16.9. The minimum absolute atomic E-state index is 0.253. The number of nitrogens with one attached hydrogen (secondary N) is 1. The van der Waals surface area contributed by atoms with E-state index in [1.54, 1.807) is 14.2 Å². The summed E-state index contributed by atoms with van der Waals surface area (Å²) in [5, 5.41) is 0. The Kier molecular flexibility index (Phi) is 6.54. The van der Waals surface area contributed by atoms with Crippen LogP contribution in [0.5, 0.6) is 11.5 Å². The molecule has 4 nitrogen and oxygen atoms in total. The molecule has 0 aliphatic carbocycles. The Morgan fingerprint density at radius 2 is 1.55 bits per heavy atom. The van der Waals surface area contributed by atoms with Crippen LogP contribution in [0.15, 0.2) is 65.6 Å². The van der Waals surface area contributed by atoms with Crippen molar-refractivity contribution in [2.75, 3.05) is 18.9 Å². The van der Waals surface area contributed by atoms with Crippen LogP contribution >= 0.6 is 0 Å². The average molecular weight is 414 g/mol. The van der Waals surface area contributed by atoms with Crippen LogP contribution in [0.3, 0.4) is 0 Å². The van der Waals surface area contributed by atoms with Crippen molar-refractivity contribution in [2.24, 2.45) is 0 Å². The Bertz CT molecular complexity index is 1020. The Hall–Kier alpha value is -2.86. The lowest BCUT2D eigenvalue weighted by Crippen LogP contribution is -2.06. The molecule has 0 aliphatic heterocycles. The number of hydrogen-bond acceptors (Lipinski definition) is 3. The minimum atomic E-state index is -1.54. The second-order valence-electron chi connectivity index (χ2n) is 6.82. The summed E-state index contributed by atoms with van der Waals surface area (Å²) in [4.78, 5) is 0.491. The summed E-state index contributed by atoms with van der Waals surface area (Å²) in [5.74, 6) is 1.31. The first kappa shape index (κ1) is 20.9. The first-order valence-electron chi connectivity index (χ1n) is 9.24. The molecule has 0 aliphatic rings. The van der Waals surface area contributed by atoms with Crippen LogP contribution in [0.2, 0.25) is 0 Å². The van der Waals surface area contributed by atoms with Crippen molar-refractivity contribution < 1.29 is 18.1 Å². The van der Waals surface area contributed by atoms with Gasteiger partial charge in [-0.3, -0.25) is 0 Å². The van der Waals surface area contributed by atoms with Crippen LogP contribution in [-0.2, 0) is 11.0 Å². The third-order valence-corrected chi connectivity index (χ3v) is 5.73. The fourth-order valence-electron chi connectivity index (χ4n) is 3.11. The number of rotatable bonds is 7. The van der Waals surface area contributed by atoms with E-state index in [0.717, 1.165) is 22.4 Å². The van der Waals surface area contributed by atoms with E-state index in [1.807, 2.05) is 36.4 Å². The lowest BCUT2D eigenvalue weighted by atomic mass is 9.94. The summed E-state index contributed by atoms with van der Waals surface area (Å²) >= 11 is 0. The van der Waals surface area contributed by atoms with Crippen LogP contribution in [-0.4, -0.2) is 18.4 Å². The van der Waals surface area contributed by atoms with Gasteiger partial charge in [-0.1, -0.05) is 32.0 Å². The molecule has 1 unspecified atom stereocenters. The van der Waals surface area contributed by atoms with Gasteiger partial charge in [0, 0.05) is 17.2 Å². The van der Waals surface area contributed by atoms with E-state index < -0.39 is 11.0 Å². The Balaban J connectivity index is 2.05. The maximum absolute atomic E-state index is 13.2. The minimum Gasteiger partial charge on any atom is -0.496 e. The molecule has 3 rings (SSSR count). The lowest BCUT2D eigenvalue weighted by molar-refractivity contribution is 0.390. The molecule has 6 heteroatoms. The Morgan fingerprint density at radius 3 is 2.17 bits per heavy atom. The zero-order valence-corrected chi connectivity index (χ0v) is 17.7. The van der Waals surface area contributed by atoms with Crippen LogP contribution < -0.4 is 14.2 Å². The van der Waals surface area contributed by atoms with Crippen LogP contribution in [0.25, 0.3) is 11.1 Å². The highest BCUT2D eigenvalue weighted by molar-refractivity contribution is 7.86. The number of para-hydroxylation sites is 1. The Morgan fingerprint density at radius 1 is 0.897 bits per heavy atom. The first-order valence-corrected chi connectivity index (χ1v) is 10.4. The Labute approximate surface area is 173 Å². The molecule has 0 amide bonds. The summed E-state index contributed by atoms with van der Waals surface area (Å²) in [6.45, 7) is 4.20. The molecule has 0 bridgehead atoms. The maximum Gasteiger partial charge on any atom is 0.150 e. The summed E-state index contributed by atoms with van der Waals surface area (Å²) in [6.07, 6.45) is 0. The van der Waals surface area contributed by atoms with Crippen LogP contribution in [0.1, 0.15) is 25.3 Å². The number of anilines is 1. The van der Waals surface area contributed by atoms with E-state index >= 15 is 0 Å². The number of halogens is 1. The standard InChI is InChI=1S/C23H24FNO3S/c1-15(2)19-13-20(23(28-4)14-22(19)27-3)18-7-5-6-8-21(18)25-29(26)17-11-9-16(24)10-12-17/h5-15,25H,1-4H3. The van der Waals surface area contributed by atoms with Crippen molar-refractivity contribution in [1.29, 1.82) is 0 Å². The SMILES string of the molecule is COc1cc(OC)c(C(C)C)cc1-c1ccccc1NS(=O)c1ccc(F)cc1. The van der Waals surface area contributed by atoms with E-state index in [-0.39, 0.29) is 11.7 Å². The van der Waals surface area contributed by atoms with Gasteiger partial charge < -0.3 is 14.2 Å². The maximum atomic E-state index is 13.2. The average Bonchev–Trinajstić information content (AvgIpc) is 2.73. The first-order chi connectivity index (χ1) is 13.9. The number of benzene rings is 3. The normalized spacial score (nSPS) is 11.9. The molecule has 0 saturated heterocycles. The quantitative estimate of drug-likeness (QED) is 0.535.